The van der Waals surface area contributed by atoms with Crippen molar-refractivity contribution in [1.82, 2.24) is 30.3 Å². The zero-order valence-electron chi connectivity index (χ0n) is 30.8. The third-order valence-electron chi connectivity index (χ3n) is 11.8. The van der Waals surface area contributed by atoms with Crippen LogP contribution in [0.25, 0.3) is 10.9 Å². The number of fused-ring (bicyclic) bond motifs is 1. The second-order valence-electron chi connectivity index (χ2n) is 15.2. The molecule has 13 nitrogen and oxygen atoms in total. The SMILES string of the molecule is N#Cc1ccc(O[C@H]2CC[C@H](NC(=O)c3ccc(N4CCC(N5CCC(Cn6ccc7c(N8CCC(=O)NC8=O)cccc76)CC5)CC4)nn3)CC2)cc1Cl. The number of aromatic nitrogens is 3. The fraction of sp³-hybridized carbons (Fsp3) is 0.463. The lowest BCUT2D eigenvalue weighted by Gasteiger charge is -2.42. The molecule has 0 unspecified atom stereocenters. The van der Waals surface area contributed by atoms with E-state index in [1.807, 2.05) is 18.2 Å². The van der Waals surface area contributed by atoms with E-state index in [2.05, 4.69) is 59.6 Å². The Hall–Kier alpha value is -5.19. The minimum Gasteiger partial charge on any atom is -0.490 e. The Bertz CT molecular complexity index is 2080. The van der Waals surface area contributed by atoms with Crippen LogP contribution in [0.1, 0.15) is 73.8 Å². The molecule has 2 N–H and O–H groups in total. The molecule has 0 radical (unpaired) electrons. The fourth-order valence-electron chi connectivity index (χ4n) is 8.69. The Morgan fingerprint density at radius 3 is 2.44 bits per heavy atom. The molecule has 4 fully saturated rings. The van der Waals surface area contributed by atoms with Gasteiger partial charge in [0, 0.05) is 62.3 Å². The summed E-state index contributed by atoms with van der Waals surface area (Å²) in [5.74, 6) is 1.62. The van der Waals surface area contributed by atoms with Gasteiger partial charge in [0.25, 0.3) is 5.91 Å². The highest BCUT2D eigenvalue weighted by Crippen LogP contribution is 2.32. The van der Waals surface area contributed by atoms with E-state index in [1.165, 1.54) is 0 Å². The predicted molar refractivity (Wildman–Crippen MR) is 209 cm³/mol. The van der Waals surface area contributed by atoms with Crippen LogP contribution in [0.2, 0.25) is 5.02 Å². The van der Waals surface area contributed by atoms with Gasteiger partial charge in [-0.25, -0.2) is 4.79 Å². The van der Waals surface area contributed by atoms with Gasteiger partial charge in [0.2, 0.25) is 5.91 Å². The average molecular weight is 764 g/mol. The third-order valence-corrected chi connectivity index (χ3v) is 12.1. The number of urea groups is 1. The smallest absolute Gasteiger partial charge is 0.328 e. The van der Waals surface area contributed by atoms with Crippen LogP contribution in [0, 0.1) is 17.2 Å². The van der Waals surface area contributed by atoms with Crippen LogP contribution in [0.5, 0.6) is 5.75 Å². The molecule has 1 saturated carbocycles. The van der Waals surface area contributed by atoms with Crippen LogP contribution < -0.4 is 25.2 Å². The number of hydrogen-bond donors (Lipinski definition) is 2. The number of amides is 4. The van der Waals surface area contributed by atoms with E-state index >= 15 is 0 Å². The minimum absolute atomic E-state index is 0.0347. The molecule has 8 rings (SSSR count). The molecule has 0 bridgehead atoms. The highest BCUT2D eigenvalue weighted by atomic mass is 35.5. The van der Waals surface area contributed by atoms with E-state index < -0.39 is 0 Å². The maximum absolute atomic E-state index is 13.0. The molecular formula is C41H46ClN9O4. The molecule has 3 saturated heterocycles. The molecule has 0 spiro atoms. The molecule has 1 aliphatic carbocycles. The molecule has 55 heavy (non-hydrogen) atoms. The summed E-state index contributed by atoms with van der Waals surface area (Å²) in [6.45, 7) is 5.34. The van der Waals surface area contributed by atoms with Gasteiger partial charge in [-0.05, 0) is 113 Å². The fourth-order valence-corrected chi connectivity index (χ4v) is 8.90. The van der Waals surface area contributed by atoms with Crippen LogP contribution in [-0.4, -0.2) is 88.4 Å². The number of likely N-dealkylation sites (tertiary alicyclic amines) is 1. The first-order valence-electron chi connectivity index (χ1n) is 19.5. The summed E-state index contributed by atoms with van der Waals surface area (Å²) in [5.41, 5.74) is 2.72. The van der Waals surface area contributed by atoms with E-state index in [4.69, 9.17) is 21.6 Å². The number of benzene rings is 2. The molecule has 4 aliphatic rings. The Morgan fingerprint density at radius 1 is 0.927 bits per heavy atom. The van der Waals surface area contributed by atoms with Gasteiger partial charge in [-0.3, -0.25) is 19.8 Å². The van der Waals surface area contributed by atoms with Crippen molar-refractivity contribution in [1.29, 1.82) is 5.26 Å². The highest BCUT2D eigenvalue weighted by molar-refractivity contribution is 6.31. The minimum atomic E-state index is -0.354. The van der Waals surface area contributed by atoms with E-state index in [1.54, 1.807) is 29.2 Å². The van der Waals surface area contributed by atoms with Crippen molar-refractivity contribution < 1.29 is 19.1 Å². The summed E-state index contributed by atoms with van der Waals surface area (Å²) in [5, 5.41) is 24.8. The average Bonchev–Trinajstić information content (AvgIpc) is 3.62. The standard InChI is InChI=1S/C41H46ClN9O4/c42-34-24-32(7-4-28(34)25-43)55-31-8-5-29(6-9-31)44-40(53)35-10-11-38(47-46-35)49-20-14-30(15-21-49)48-18-12-27(13-19-48)26-50-22-16-33-36(50)2-1-3-37(33)51-23-17-39(52)45-41(51)54/h1-4,7,10-11,16,22,24,27,29-31H,5-6,8-9,12-15,17-21,23,26H2,(H,44,53)(H,45,52,54)/t29-,31-. The van der Waals surface area contributed by atoms with Gasteiger partial charge in [-0.2, -0.15) is 5.26 Å². The number of nitrogens with one attached hydrogen (secondary N) is 2. The number of hydrogen-bond acceptors (Lipinski definition) is 9. The number of imide groups is 1. The maximum Gasteiger partial charge on any atom is 0.328 e. The topological polar surface area (TPSA) is 149 Å². The van der Waals surface area contributed by atoms with Crippen LogP contribution in [0.4, 0.5) is 16.3 Å². The number of ether oxygens (including phenoxy) is 1. The van der Waals surface area contributed by atoms with Crippen LogP contribution in [0.15, 0.2) is 60.8 Å². The summed E-state index contributed by atoms with van der Waals surface area (Å²) >= 11 is 6.15. The van der Waals surface area contributed by atoms with Gasteiger partial charge < -0.3 is 24.4 Å². The number of carbonyl (C=O) groups excluding carboxylic acids is 3. The van der Waals surface area contributed by atoms with E-state index in [-0.39, 0.29) is 30.0 Å². The number of anilines is 2. The zero-order chi connectivity index (χ0) is 37.9. The van der Waals surface area contributed by atoms with E-state index in [0.717, 1.165) is 106 Å². The van der Waals surface area contributed by atoms with Gasteiger partial charge in [-0.1, -0.05) is 17.7 Å². The first kappa shape index (κ1) is 36.8. The lowest BCUT2D eigenvalue weighted by atomic mass is 9.92. The first-order chi connectivity index (χ1) is 26.8. The Morgan fingerprint density at radius 2 is 1.73 bits per heavy atom. The van der Waals surface area contributed by atoms with Gasteiger partial charge in [0.1, 0.15) is 11.8 Å². The molecule has 0 atom stereocenters. The Balaban J connectivity index is 0.762. The predicted octanol–water partition coefficient (Wildman–Crippen LogP) is 5.90. The van der Waals surface area contributed by atoms with E-state index in [9.17, 15) is 14.4 Å². The monoisotopic (exact) mass is 763 g/mol. The molecule has 4 amide bonds. The molecule has 3 aliphatic heterocycles. The summed E-state index contributed by atoms with van der Waals surface area (Å²) < 4.78 is 8.41. The number of nitrogens with zero attached hydrogens (tertiary/aromatic N) is 7. The van der Waals surface area contributed by atoms with Crippen LogP contribution in [-0.2, 0) is 11.3 Å². The second kappa shape index (κ2) is 16.3. The van der Waals surface area contributed by atoms with Crippen molar-refractivity contribution >= 4 is 51.9 Å². The molecule has 4 aromatic rings. The summed E-state index contributed by atoms with van der Waals surface area (Å²) in [6, 6.07) is 19.3. The highest BCUT2D eigenvalue weighted by Gasteiger charge is 2.31. The zero-order valence-corrected chi connectivity index (χ0v) is 31.6. The summed E-state index contributed by atoms with van der Waals surface area (Å²) in [4.78, 5) is 43.8. The Kier molecular flexibility index (Phi) is 10.9. The molecule has 286 valence electrons. The maximum atomic E-state index is 13.0. The normalized spacial score (nSPS) is 21.7. The van der Waals surface area contributed by atoms with Crippen molar-refractivity contribution in [2.45, 2.75) is 82.5 Å². The summed E-state index contributed by atoms with van der Waals surface area (Å²) in [7, 11) is 0. The van der Waals surface area contributed by atoms with Crippen LogP contribution in [0.3, 0.4) is 0 Å². The number of halogens is 1. The first-order valence-corrected chi connectivity index (χ1v) is 19.9. The summed E-state index contributed by atoms with van der Waals surface area (Å²) in [6.07, 6.45) is 10.1. The third kappa shape index (κ3) is 8.26. The number of rotatable bonds is 9. The van der Waals surface area contributed by atoms with Crippen molar-refractivity contribution in [3.8, 4) is 11.8 Å². The van der Waals surface area contributed by atoms with Gasteiger partial charge in [0.05, 0.1) is 27.9 Å². The van der Waals surface area contributed by atoms with Crippen molar-refractivity contribution in [3.05, 3.63) is 77.1 Å². The molecule has 14 heteroatoms. The van der Waals surface area contributed by atoms with Gasteiger partial charge in [-0.15, -0.1) is 10.2 Å². The van der Waals surface area contributed by atoms with Crippen LogP contribution >= 0.6 is 11.6 Å². The van der Waals surface area contributed by atoms with Crippen molar-refractivity contribution in [2.75, 3.05) is 42.5 Å². The molecule has 2 aromatic carbocycles. The molecular weight excluding hydrogens is 718 g/mol. The molecule has 5 heterocycles. The number of carbonyl (C=O) groups is 3. The van der Waals surface area contributed by atoms with E-state index in [0.29, 0.717) is 47.0 Å². The lowest BCUT2D eigenvalue weighted by Crippen LogP contribution is -2.49. The lowest BCUT2D eigenvalue weighted by molar-refractivity contribution is -0.120. The number of nitriles is 1. The quantitative estimate of drug-likeness (QED) is 0.213. The Labute approximate surface area is 325 Å². The van der Waals surface area contributed by atoms with Gasteiger partial charge in [0.15, 0.2) is 11.5 Å². The van der Waals surface area contributed by atoms with Gasteiger partial charge >= 0.3 is 6.03 Å². The van der Waals surface area contributed by atoms with Crippen molar-refractivity contribution in [3.63, 3.8) is 0 Å². The second-order valence-corrected chi connectivity index (χ2v) is 15.6. The van der Waals surface area contributed by atoms with Crippen molar-refractivity contribution in [2.24, 2.45) is 5.92 Å². The molecule has 2 aromatic heterocycles. The largest absolute Gasteiger partial charge is 0.490 e. The number of piperidine rings is 2.